The predicted molar refractivity (Wildman–Crippen MR) is 71.4 cm³/mol. The Morgan fingerprint density at radius 1 is 1.35 bits per heavy atom. The van der Waals surface area contributed by atoms with Crippen LogP contribution in [-0.2, 0) is 4.79 Å². The summed E-state index contributed by atoms with van der Waals surface area (Å²) in [5.41, 5.74) is 1.19. The number of pyridine rings is 1. The molecule has 3 rings (SSSR count). The third-order valence-electron chi connectivity index (χ3n) is 3.82. The minimum absolute atomic E-state index is 0.260. The SMILES string of the molecule is O=C(N[C@H]1CCC[C@H]1C(=O)O)c1cnn2ccccc12. The Kier molecular flexibility index (Phi) is 3.14. The first-order valence-corrected chi connectivity index (χ1v) is 6.63. The van der Waals surface area contributed by atoms with E-state index in [0.717, 1.165) is 11.9 Å². The largest absolute Gasteiger partial charge is 0.481 e. The smallest absolute Gasteiger partial charge is 0.308 e. The molecule has 6 heteroatoms. The molecular formula is C14H15N3O3. The van der Waals surface area contributed by atoms with Gasteiger partial charge in [-0.15, -0.1) is 0 Å². The third-order valence-corrected chi connectivity index (χ3v) is 3.82. The maximum absolute atomic E-state index is 12.3. The van der Waals surface area contributed by atoms with Crippen LogP contribution in [0.2, 0.25) is 0 Å². The monoisotopic (exact) mass is 273 g/mol. The van der Waals surface area contributed by atoms with Crippen LogP contribution in [0.25, 0.3) is 5.52 Å². The summed E-state index contributed by atoms with van der Waals surface area (Å²) in [6.07, 6.45) is 5.44. The quantitative estimate of drug-likeness (QED) is 0.883. The van der Waals surface area contributed by atoms with E-state index in [4.69, 9.17) is 5.11 Å². The van der Waals surface area contributed by atoms with Gasteiger partial charge in [-0.25, -0.2) is 4.52 Å². The Bertz CT molecular complexity index is 664. The molecule has 20 heavy (non-hydrogen) atoms. The average molecular weight is 273 g/mol. The summed E-state index contributed by atoms with van der Waals surface area (Å²) in [5, 5.41) is 16.1. The number of amides is 1. The summed E-state index contributed by atoms with van der Waals surface area (Å²) in [6.45, 7) is 0. The average Bonchev–Trinajstić information content (AvgIpc) is 3.04. The third kappa shape index (κ3) is 2.13. The first-order chi connectivity index (χ1) is 9.66. The number of carbonyl (C=O) groups is 2. The van der Waals surface area contributed by atoms with Gasteiger partial charge < -0.3 is 10.4 Å². The molecule has 2 aromatic rings. The summed E-state index contributed by atoms with van der Waals surface area (Å²) < 4.78 is 1.62. The number of fused-ring (bicyclic) bond motifs is 1. The molecule has 1 fully saturated rings. The number of hydrogen-bond donors (Lipinski definition) is 2. The fourth-order valence-corrected chi connectivity index (χ4v) is 2.78. The van der Waals surface area contributed by atoms with Gasteiger partial charge in [0.2, 0.25) is 0 Å². The zero-order valence-electron chi connectivity index (χ0n) is 10.8. The van der Waals surface area contributed by atoms with Crippen LogP contribution in [0.15, 0.2) is 30.6 Å². The zero-order valence-corrected chi connectivity index (χ0v) is 10.8. The van der Waals surface area contributed by atoms with E-state index in [0.29, 0.717) is 18.4 Å². The molecule has 0 unspecified atom stereocenters. The molecule has 104 valence electrons. The molecule has 2 atom stereocenters. The van der Waals surface area contributed by atoms with Gasteiger partial charge in [-0.05, 0) is 25.0 Å². The predicted octanol–water partition coefficient (Wildman–Crippen LogP) is 1.32. The van der Waals surface area contributed by atoms with E-state index >= 15 is 0 Å². The van der Waals surface area contributed by atoms with Crippen molar-refractivity contribution >= 4 is 17.4 Å². The van der Waals surface area contributed by atoms with Crippen molar-refractivity contribution in [1.82, 2.24) is 14.9 Å². The molecule has 1 saturated carbocycles. The minimum atomic E-state index is -0.840. The lowest BCUT2D eigenvalue weighted by molar-refractivity contribution is -0.142. The molecule has 0 radical (unpaired) electrons. The lowest BCUT2D eigenvalue weighted by atomic mass is 10.0. The van der Waals surface area contributed by atoms with Gasteiger partial charge in [-0.2, -0.15) is 5.10 Å². The Morgan fingerprint density at radius 3 is 3.00 bits per heavy atom. The molecule has 0 saturated heterocycles. The summed E-state index contributed by atoms with van der Waals surface area (Å²) >= 11 is 0. The van der Waals surface area contributed by atoms with Crippen molar-refractivity contribution in [2.24, 2.45) is 5.92 Å². The van der Waals surface area contributed by atoms with E-state index < -0.39 is 11.9 Å². The van der Waals surface area contributed by atoms with Crippen LogP contribution in [0.3, 0.4) is 0 Å². The van der Waals surface area contributed by atoms with Gasteiger partial charge in [0.25, 0.3) is 5.91 Å². The molecule has 1 amide bonds. The van der Waals surface area contributed by atoms with Gasteiger partial charge in [0.05, 0.1) is 23.2 Å². The number of carboxylic acid groups (broad SMARTS) is 1. The Hall–Kier alpha value is -2.37. The van der Waals surface area contributed by atoms with Crippen LogP contribution in [0.1, 0.15) is 29.6 Å². The van der Waals surface area contributed by atoms with Gasteiger partial charge in [0.15, 0.2) is 0 Å². The Morgan fingerprint density at radius 2 is 2.20 bits per heavy atom. The van der Waals surface area contributed by atoms with Gasteiger partial charge in [0, 0.05) is 12.2 Å². The lowest BCUT2D eigenvalue weighted by Gasteiger charge is -2.17. The summed E-state index contributed by atoms with van der Waals surface area (Å²) in [5.74, 6) is -1.59. The summed E-state index contributed by atoms with van der Waals surface area (Å²) in [7, 11) is 0. The number of nitrogens with one attached hydrogen (secondary N) is 1. The van der Waals surface area contributed by atoms with Gasteiger partial charge in [-0.3, -0.25) is 9.59 Å². The molecule has 1 aliphatic carbocycles. The number of carboxylic acids is 1. The molecule has 2 aromatic heterocycles. The lowest BCUT2D eigenvalue weighted by Crippen LogP contribution is -2.40. The van der Waals surface area contributed by atoms with Gasteiger partial charge in [0.1, 0.15) is 0 Å². The second-order valence-electron chi connectivity index (χ2n) is 5.04. The molecule has 0 aliphatic heterocycles. The number of carbonyl (C=O) groups excluding carboxylic acids is 1. The van der Waals surface area contributed by atoms with E-state index in [1.54, 1.807) is 10.7 Å². The van der Waals surface area contributed by atoms with Crippen LogP contribution in [0, 0.1) is 5.92 Å². The van der Waals surface area contributed by atoms with E-state index in [1.165, 1.54) is 6.20 Å². The highest BCUT2D eigenvalue weighted by Gasteiger charge is 2.34. The van der Waals surface area contributed by atoms with Crippen molar-refractivity contribution in [2.75, 3.05) is 0 Å². The molecule has 0 spiro atoms. The molecular weight excluding hydrogens is 258 g/mol. The molecule has 0 aromatic carbocycles. The van der Waals surface area contributed by atoms with Crippen LogP contribution < -0.4 is 5.32 Å². The topological polar surface area (TPSA) is 83.7 Å². The van der Waals surface area contributed by atoms with Crippen LogP contribution >= 0.6 is 0 Å². The molecule has 2 heterocycles. The summed E-state index contributed by atoms with van der Waals surface area (Å²) in [4.78, 5) is 23.4. The Labute approximate surface area is 115 Å². The zero-order chi connectivity index (χ0) is 14.1. The number of rotatable bonds is 3. The van der Waals surface area contributed by atoms with Crippen LogP contribution in [0.5, 0.6) is 0 Å². The first kappa shape index (κ1) is 12.7. The molecule has 0 bridgehead atoms. The fourth-order valence-electron chi connectivity index (χ4n) is 2.78. The van der Waals surface area contributed by atoms with E-state index in [1.807, 2.05) is 18.2 Å². The maximum atomic E-state index is 12.3. The highest BCUT2D eigenvalue weighted by atomic mass is 16.4. The van der Waals surface area contributed by atoms with Crippen molar-refractivity contribution in [3.05, 3.63) is 36.2 Å². The fraction of sp³-hybridized carbons (Fsp3) is 0.357. The number of nitrogens with zero attached hydrogens (tertiary/aromatic N) is 2. The van der Waals surface area contributed by atoms with Gasteiger partial charge >= 0.3 is 5.97 Å². The Balaban J connectivity index is 1.81. The highest BCUT2D eigenvalue weighted by molar-refractivity contribution is 6.00. The van der Waals surface area contributed by atoms with E-state index in [2.05, 4.69) is 10.4 Å². The van der Waals surface area contributed by atoms with Crippen molar-refractivity contribution in [1.29, 1.82) is 0 Å². The summed E-state index contributed by atoms with van der Waals surface area (Å²) in [6, 6.07) is 5.19. The highest BCUT2D eigenvalue weighted by Crippen LogP contribution is 2.26. The van der Waals surface area contributed by atoms with Crippen molar-refractivity contribution in [3.63, 3.8) is 0 Å². The minimum Gasteiger partial charge on any atom is -0.481 e. The van der Waals surface area contributed by atoms with Crippen LogP contribution in [-0.4, -0.2) is 32.6 Å². The second-order valence-corrected chi connectivity index (χ2v) is 5.04. The first-order valence-electron chi connectivity index (χ1n) is 6.63. The van der Waals surface area contributed by atoms with E-state index in [-0.39, 0.29) is 11.9 Å². The molecule has 2 N–H and O–H groups in total. The van der Waals surface area contributed by atoms with Crippen molar-refractivity contribution < 1.29 is 14.7 Å². The van der Waals surface area contributed by atoms with Crippen LogP contribution in [0.4, 0.5) is 0 Å². The standard InChI is InChI=1S/C14H15N3O3/c18-13(16-11-5-3-4-9(11)14(19)20)10-8-15-17-7-2-1-6-12(10)17/h1-2,6-9,11H,3-5H2,(H,16,18)(H,19,20)/t9-,11+/m1/s1. The van der Waals surface area contributed by atoms with Gasteiger partial charge in [-0.1, -0.05) is 12.5 Å². The molecule has 1 aliphatic rings. The van der Waals surface area contributed by atoms with Crippen molar-refractivity contribution in [3.8, 4) is 0 Å². The normalized spacial score (nSPS) is 22.0. The number of aromatic nitrogens is 2. The second kappa shape index (κ2) is 4.96. The maximum Gasteiger partial charge on any atom is 0.308 e. The van der Waals surface area contributed by atoms with Crippen molar-refractivity contribution in [2.45, 2.75) is 25.3 Å². The van der Waals surface area contributed by atoms with E-state index in [9.17, 15) is 9.59 Å². The molecule has 6 nitrogen and oxygen atoms in total. The number of aliphatic carboxylic acids is 1. The number of hydrogen-bond acceptors (Lipinski definition) is 3.